The van der Waals surface area contributed by atoms with Crippen LogP contribution in [0.25, 0.3) is 5.57 Å². The van der Waals surface area contributed by atoms with Gasteiger partial charge in [-0.3, -0.25) is 0 Å². The summed E-state index contributed by atoms with van der Waals surface area (Å²) in [4.78, 5) is 0. The maximum Gasteiger partial charge on any atom is 0.122 e. The molecule has 0 amide bonds. The first-order chi connectivity index (χ1) is 8.96. The summed E-state index contributed by atoms with van der Waals surface area (Å²) in [6.07, 6.45) is 4.43. The molecule has 0 saturated heterocycles. The highest BCUT2D eigenvalue weighted by atomic mass is 16.5. The van der Waals surface area contributed by atoms with Crippen LogP contribution in [0.2, 0.25) is 0 Å². The van der Waals surface area contributed by atoms with E-state index < -0.39 is 0 Å². The largest absolute Gasteiger partial charge is 0.493 e. The summed E-state index contributed by atoms with van der Waals surface area (Å²) in [7, 11) is 0. The Labute approximate surface area is 116 Å². The summed E-state index contributed by atoms with van der Waals surface area (Å²) in [6.45, 7) is 10.6. The minimum Gasteiger partial charge on any atom is -0.493 e. The van der Waals surface area contributed by atoms with Gasteiger partial charge < -0.3 is 10.1 Å². The van der Waals surface area contributed by atoms with Gasteiger partial charge in [-0.2, -0.15) is 0 Å². The van der Waals surface area contributed by atoms with E-state index in [-0.39, 0.29) is 5.54 Å². The van der Waals surface area contributed by atoms with Crippen LogP contribution in [0.1, 0.15) is 45.2 Å². The van der Waals surface area contributed by atoms with E-state index in [1.54, 1.807) is 0 Å². The van der Waals surface area contributed by atoms with Gasteiger partial charge >= 0.3 is 0 Å². The van der Waals surface area contributed by atoms with Crippen molar-refractivity contribution in [2.75, 3.05) is 13.2 Å². The maximum atomic E-state index is 5.54. The zero-order valence-corrected chi connectivity index (χ0v) is 12.5. The Morgan fingerprint density at radius 1 is 1.37 bits per heavy atom. The van der Waals surface area contributed by atoms with Gasteiger partial charge in [0.1, 0.15) is 5.75 Å². The Morgan fingerprint density at radius 3 is 2.89 bits per heavy atom. The molecule has 0 bridgehead atoms. The second-order valence-electron chi connectivity index (χ2n) is 6.27. The van der Waals surface area contributed by atoms with Crippen molar-refractivity contribution in [3.8, 4) is 5.75 Å². The Hall–Kier alpha value is -1.28. The molecule has 2 heteroatoms. The number of nitrogens with one attached hydrogen (secondary N) is 1. The molecule has 0 spiro atoms. The molecule has 19 heavy (non-hydrogen) atoms. The monoisotopic (exact) mass is 259 g/mol. The first-order valence-electron chi connectivity index (χ1n) is 7.13. The molecule has 1 aliphatic heterocycles. The van der Waals surface area contributed by atoms with E-state index in [1.807, 2.05) is 0 Å². The van der Waals surface area contributed by atoms with Gasteiger partial charge in [-0.15, -0.1) is 0 Å². The van der Waals surface area contributed by atoms with Gasteiger partial charge in [-0.05, 0) is 69.5 Å². The predicted molar refractivity (Wildman–Crippen MR) is 81.7 cm³/mol. The van der Waals surface area contributed by atoms with Crippen LogP contribution < -0.4 is 10.1 Å². The van der Waals surface area contributed by atoms with E-state index in [2.05, 4.69) is 57.3 Å². The molecule has 0 radical (unpaired) electrons. The third-order valence-corrected chi connectivity index (χ3v) is 3.39. The van der Waals surface area contributed by atoms with E-state index in [0.717, 1.165) is 31.7 Å². The molecule has 104 valence electrons. The summed E-state index contributed by atoms with van der Waals surface area (Å²) >= 11 is 0. The standard InChI is InChI=1S/C17H25NO/c1-13(6-5-10-18-17(2,3)4)14-7-8-16-15(12-14)9-11-19-16/h6-8,12,18H,5,9-11H2,1-4H3/b13-6-. The van der Waals surface area contributed by atoms with Crippen LogP contribution in [-0.2, 0) is 6.42 Å². The second kappa shape index (κ2) is 5.79. The lowest BCUT2D eigenvalue weighted by molar-refractivity contribution is 0.357. The number of fused-ring (bicyclic) bond motifs is 1. The average molecular weight is 259 g/mol. The molecule has 1 N–H and O–H groups in total. The maximum absolute atomic E-state index is 5.54. The number of allylic oxidation sites excluding steroid dienone is 1. The Kier molecular flexibility index (Phi) is 4.31. The molecule has 2 rings (SSSR count). The van der Waals surface area contributed by atoms with Crippen molar-refractivity contribution < 1.29 is 4.74 Å². The van der Waals surface area contributed by atoms with Crippen molar-refractivity contribution in [2.45, 2.75) is 46.1 Å². The number of rotatable bonds is 4. The fraction of sp³-hybridized carbons (Fsp3) is 0.529. The Balaban J connectivity index is 1.94. The van der Waals surface area contributed by atoms with E-state index in [9.17, 15) is 0 Å². The quantitative estimate of drug-likeness (QED) is 0.830. The van der Waals surface area contributed by atoms with Gasteiger partial charge in [0.25, 0.3) is 0 Å². The van der Waals surface area contributed by atoms with Gasteiger partial charge in [0, 0.05) is 12.0 Å². The van der Waals surface area contributed by atoms with Gasteiger partial charge in [0.15, 0.2) is 0 Å². The third kappa shape index (κ3) is 4.10. The molecular weight excluding hydrogens is 234 g/mol. The lowest BCUT2D eigenvalue weighted by Crippen LogP contribution is -2.36. The number of hydrogen-bond acceptors (Lipinski definition) is 2. The van der Waals surface area contributed by atoms with Crippen LogP contribution >= 0.6 is 0 Å². The topological polar surface area (TPSA) is 21.3 Å². The van der Waals surface area contributed by atoms with E-state index in [1.165, 1.54) is 16.7 Å². The smallest absolute Gasteiger partial charge is 0.122 e. The highest BCUT2D eigenvalue weighted by molar-refractivity contribution is 5.65. The molecular formula is C17H25NO. The summed E-state index contributed by atoms with van der Waals surface area (Å²) in [5.41, 5.74) is 4.22. The summed E-state index contributed by atoms with van der Waals surface area (Å²) in [5.74, 6) is 1.06. The summed E-state index contributed by atoms with van der Waals surface area (Å²) in [6, 6.07) is 6.53. The molecule has 1 aromatic carbocycles. The minimum atomic E-state index is 0.201. The Morgan fingerprint density at radius 2 is 2.16 bits per heavy atom. The van der Waals surface area contributed by atoms with Crippen LogP contribution in [0.4, 0.5) is 0 Å². The van der Waals surface area contributed by atoms with Crippen LogP contribution in [0.15, 0.2) is 24.3 Å². The summed E-state index contributed by atoms with van der Waals surface area (Å²) in [5, 5.41) is 3.51. The number of benzene rings is 1. The van der Waals surface area contributed by atoms with Gasteiger partial charge in [0.05, 0.1) is 6.61 Å². The Bertz CT molecular complexity index is 469. The van der Waals surface area contributed by atoms with Crippen molar-refractivity contribution in [3.63, 3.8) is 0 Å². The third-order valence-electron chi connectivity index (χ3n) is 3.39. The SMILES string of the molecule is C/C(=C/CCNC(C)(C)C)c1ccc2c(c1)CCO2. The van der Waals surface area contributed by atoms with Crippen molar-refractivity contribution in [2.24, 2.45) is 0 Å². The number of hydrogen-bond donors (Lipinski definition) is 1. The molecule has 2 nitrogen and oxygen atoms in total. The lowest BCUT2D eigenvalue weighted by atomic mass is 10.0. The zero-order valence-electron chi connectivity index (χ0n) is 12.5. The van der Waals surface area contributed by atoms with E-state index in [4.69, 9.17) is 4.74 Å². The van der Waals surface area contributed by atoms with Crippen LogP contribution in [0.3, 0.4) is 0 Å². The fourth-order valence-electron chi connectivity index (χ4n) is 2.29. The predicted octanol–water partition coefficient (Wildman–Crippen LogP) is 3.80. The second-order valence-corrected chi connectivity index (χ2v) is 6.27. The minimum absolute atomic E-state index is 0.201. The highest BCUT2D eigenvalue weighted by Gasteiger charge is 2.12. The van der Waals surface area contributed by atoms with Gasteiger partial charge in [-0.1, -0.05) is 12.1 Å². The highest BCUT2D eigenvalue weighted by Crippen LogP contribution is 2.28. The number of ether oxygens (including phenoxy) is 1. The lowest BCUT2D eigenvalue weighted by Gasteiger charge is -2.19. The molecule has 0 aromatic heterocycles. The molecule has 0 saturated carbocycles. The van der Waals surface area contributed by atoms with Crippen LogP contribution in [0.5, 0.6) is 5.75 Å². The fourth-order valence-corrected chi connectivity index (χ4v) is 2.29. The van der Waals surface area contributed by atoms with E-state index in [0.29, 0.717) is 0 Å². The van der Waals surface area contributed by atoms with Crippen molar-refractivity contribution >= 4 is 5.57 Å². The molecule has 0 atom stereocenters. The molecule has 0 aliphatic carbocycles. The van der Waals surface area contributed by atoms with Gasteiger partial charge in [-0.25, -0.2) is 0 Å². The van der Waals surface area contributed by atoms with Crippen LogP contribution in [0, 0.1) is 0 Å². The van der Waals surface area contributed by atoms with Crippen molar-refractivity contribution in [3.05, 3.63) is 35.4 Å². The first kappa shape index (κ1) is 14.1. The normalized spacial score (nSPS) is 15.3. The van der Waals surface area contributed by atoms with Crippen molar-refractivity contribution in [1.29, 1.82) is 0 Å². The zero-order chi connectivity index (χ0) is 13.9. The molecule has 0 unspecified atom stereocenters. The first-order valence-corrected chi connectivity index (χ1v) is 7.13. The van der Waals surface area contributed by atoms with Gasteiger partial charge in [0.2, 0.25) is 0 Å². The molecule has 0 fully saturated rings. The average Bonchev–Trinajstić information content (AvgIpc) is 2.80. The van der Waals surface area contributed by atoms with E-state index >= 15 is 0 Å². The van der Waals surface area contributed by atoms with Crippen LogP contribution in [-0.4, -0.2) is 18.7 Å². The molecule has 1 heterocycles. The summed E-state index contributed by atoms with van der Waals surface area (Å²) < 4.78 is 5.54. The molecule has 1 aromatic rings. The molecule has 1 aliphatic rings. The van der Waals surface area contributed by atoms with Crippen molar-refractivity contribution in [1.82, 2.24) is 5.32 Å².